The highest BCUT2D eigenvalue weighted by Gasteiger charge is 2.40. The van der Waals surface area contributed by atoms with Gasteiger partial charge in [0.05, 0.1) is 0 Å². The molecule has 0 heterocycles. The van der Waals surface area contributed by atoms with E-state index >= 15 is 0 Å². The van der Waals surface area contributed by atoms with Crippen molar-refractivity contribution >= 4 is 0 Å². The molecule has 2 aliphatic rings. The highest BCUT2D eigenvalue weighted by molar-refractivity contribution is 4.98. The molecule has 2 fully saturated rings. The lowest BCUT2D eigenvalue weighted by atomic mass is 9.75. The fourth-order valence-corrected chi connectivity index (χ4v) is 4.43. The summed E-state index contributed by atoms with van der Waals surface area (Å²) in [6.45, 7) is 5.89. The summed E-state index contributed by atoms with van der Waals surface area (Å²) < 4.78 is 0. The molecular formula is C18H37N3. The second kappa shape index (κ2) is 7.94. The van der Waals surface area contributed by atoms with Crippen LogP contribution in [0, 0.1) is 5.92 Å². The number of nitrogens with zero attached hydrogens (tertiary/aromatic N) is 2. The van der Waals surface area contributed by atoms with Crippen molar-refractivity contribution in [3.05, 3.63) is 0 Å². The van der Waals surface area contributed by atoms with Gasteiger partial charge in [0.1, 0.15) is 0 Å². The van der Waals surface area contributed by atoms with Crippen LogP contribution in [0.15, 0.2) is 0 Å². The first-order valence-electron chi connectivity index (χ1n) is 9.17. The van der Waals surface area contributed by atoms with Crippen molar-refractivity contribution in [2.45, 2.75) is 69.9 Å². The van der Waals surface area contributed by atoms with Gasteiger partial charge >= 0.3 is 0 Å². The van der Waals surface area contributed by atoms with E-state index in [1.807, 2.05) is 0 Å². The minimum atomic E-state index is 0.465. The Morgan fingerprint density at radius 1 is 1.00 bits per heavy atom. The third-order valence-electron chi connectivity index (χ3n) is 5.97. The molecule has 0 aliphatic heterocycles. The third-order valence-corrected chi connectivity index (χ3v) is 5.97. The van der Waals surface area contributed by atoms with E-state index in [1.54, 1.807) is 0 Å². The van der Waals surface area contributed by atoms with Crippen molar-refractivity contribution in [1.82, 2.24) is 15.1 Å². The van der Waals surface area contributed by atoms with Crippen LogP contribution in [0.2, 0.25) is 0 Å². The smallest absolute Gasteiger partial charge is 0.0330 e. The molecule has 21 heavy (non-hydrogen) atoms. The van der Waals surface area contributed by atoms with Crippen LogP contribution in [0.5, 0.6) is 0 Å². The summed E-state index contributed by atoms with van der Waals surface area (Å²) in [5, 5.41) is 3.76. The van der Waals surface area contributed by atoms with Gasteiger partial charge in [-0.25, -0.2) is 0 Å². The molecule has 2 atom stereocenters. The van der Waals surface area contributed by atoms with Gasteiger partial charge in [-0.1, -0.05) is 26.2 Å². The molecule has 2 unspecified atom stereocenters. The van der Waals surface area contributed by atoms with Gasteiger partial charge in [0.15, 0.2) is 0 Å². The van der Waals surface area contributed by atoms with E-state index in [0.29, 0.717) is 5.54 Å². The Bertz CT molecular complexity index is 299. The monoisotopic (exact) mass is 295 g/mol. The second-order valence-corrected chi connectivity index (χ2v) is 7.73. The van der Waals surface area contributed by atoms with E-state index in [4.69, 9.17) is 0 Å². The van der Waals surface area contributed by atoms with Crippen LogP contribution >= 0.6 is 0 Å². The normalized spacial score (nSPS) is 29.4. The molecule has 3 heteroatoms. The van der Waals surface area contributed by atoms with Crippen LogP contribution in [0.1, 0.15) is 58.3 Å². The first-order chi connectivity index (χ1) is 10.1. The van der Waals surface area contributed by atoms with Gasteiger partial charge in [-0.05, 0) is 65.7 Å². The maximum absolute atomic E-state index is 3.76. The fraction of sp³-hybridized carbons (Fsp3) is 1.00. The quantitative estimate of drug-likeness (QED) is 0.729. The van der Waals surface area contributed by atoms with Gasteiger partial charge in [0, 0.05) is 24.7 Å². The number of rotatable bonds is 7. The van der Waals surface area contributed by atoms with E-state index < -0.39 is 0 Å². The molecule has 3 nitrogen and oxygen atoms in total. The summed E-state index contributed by atoms with van der Waals surface area (Å²) in [5.41, 5.74) is 0.465. The van der Waals surface area contributed by atoms with Gasteiger partial charge in [-0.2, -0.15) is 0 Å². The highest BCUT2D eigenvalue weighted by atomic mass is 15.2. The predicted molar refractivity (Wildman–Crippen MR) is 91.8 cm³/mol. The number of nitrogens with one attached hydrogen (secondary N) is 1. The Kier molecular flexibility index (Phi) is 6.51. The summed E-state index contributed by atoms with van der Waals surface area (Å²) in [6, 6.07) is 0.747. The molecule has 0 aromatic carbocycles. The van der Waals surface area contributed by atoms with Crippen molar-refractivity contribution in [2.75, 3.05) is 40.8 Å². The fourth-order valence-electron chi connectivity index (χ4n) is 4.43. The zero-order valence-electron chi connectivity index (χ0n) is 14.8. The average molecular weight is 296 g/mol. The standard InChI is InChI=1S/C18H37N3/c1-5-19-17-11-8-6-7-10-16(17)14-21(4)15-18(20(2)3)12-9-13-18/h16-17,19H,5-15H2,1-4H3. The molecule has 0 bridgehead atoms. The van der Waals surface area contributed by atoms with Crippen molar-refractivity contribution in [2.24, 2.45) is 5.92 Å². The average Bonchev–Trinajstić information content (AvgIpc) is 2.60. The predicted octanol–water partition coefficient (Wildman–Crippen LogP) is 2.96. The maximum Gasteiger partial charge on any atom is 0.0330 e. The first-order valence-corrected chi connectivity index (χ1v) is 9.17. The van der Waals surface area contributed by atoms with Crippen LogP contribution in [0.3, 0.4) is 0 Å². The Morgan fingerprint density at radius 2 is 1.71 bits per heavy atom. The minimum Gasteiger partial charge on any atom is -0.314 e. The largest absolute Gasteiger partial charge is 0.314 e. The van der Waals surface area contributed by atoms with Crippen LogP contribution < -0.4 is 5.32 Å². The third kappa shape index (κ3) is 4.43. The van der Waals surface area contributed by atoms with E-state index in [1.165, 1.54) is 64.5 Å². The molecule has 0 saturated heterocycles. The molecule has 2 rings (SSSR count). The van der Waals surface area contributed by atoms with E-state index in [9.17, 15) is 0 Å². The Balaban J connectivity index is 1.88. The first kappa shape index (κ1) is 17.2. The second-order valence-electron chi connectivity index (χ2n) is 7.73. The molecule has 0 amide bonds. The molecule has 0 aromatic heterocycles. The summed E-state index contributed by atoms with van der Waals surface area (Å²) in [7, 11) is 6.87. The Labute approximate surface area is 132 Å². The molecule has 124 valence electrons. The lowest BCUT2D eigenvalue weighted by Gasteiger charge is -2.49. The minimum absolute atomic E-state index is 0.465. The number of hydrogen-bond donors (Lipinski definition) is 1. The lowest BCUT2D eigenvalue weighted by molar-refractivity contribution is 0.0221. The Morgan fingerprint density at radius 3 is 2.29 bits per heavy atom. The van der Waals surface area contributed by atoms with Crippen molar-refractivity contribution in [3.8, 4) is 0 Å². The summed E-state index contributed by atoms with van der Waals surface area (Å²) in [4.78, 5) is 5.10. The van der Waals surface area contributed by atoms with Crippen molar-refractivity contribution in [3.63, 3.8) is 0 Å². The number of hydrogen-bond acceptors (Lipinski definition) is 3. The van der Waals surface area contributed by atoms with Gasteiger partial charge in [0.2, 0.25) is 0 Å². The molecule has 2 aliphatic carbocycles. The summed E-state index contributed by atoms with van der Waals surface area (Å²) in [5.74, 6) is 0.844. The van der Waals surface area contributed by atoms with Gasteiger partial charge in [-0.15, -0.1) is 0 Å². The number of likely N-dealkylation sites (N-methyl/N-ethyl adjacent to an activating group) is 2. The van der Waals surface area contributed by atoms with E-state index in [0.717, 1.165) is 18.5 Å². The SMILES string of the molecule is CCNC1CCCCCC1CN(C)CC1(N(C)C)CCC1. The lowest BCUT2D eigenvalue weighted by Crippen LogP contribution is -2.57. The van der Waals surface area contributed by atoms with Crippen LogP contribution in [-0.4, -0.2) is 62.2 Å². The summed E-state index contributed by atoms with van der Waals surface area (Å²) >= 11 is 0. The maximum atomic E-state index is 3.76. The molecular weight excluding hydrogens is 258 g/mol. The van der Waals surface area contributed by atoms with Crippen molar-refractivity contribution in [1.29, 1.82) is 0 Å². The summed E-state index contributed by atoms with van der Waals surface area (Å²) in [6.07, 6.45) is 11.2. The Hall–Kier alpha value is -0.120. The van der Waals surface area contributed by atoms with Crippen molar-refractivity contribution < 1.29 is 0 Å². The topological polar surface area (TPSA) is 18.5 Å². The molecule has 1 N–H and O–H groups in total. The molecule has 0 spiro atoms. The molecule has 0 radical (unpaired) electrons. The van der Waals surface area contributed by atoms with E-state index in [-0.39, 0.29) is 0 Å². The van der Waals surface area contributed by atoms with Crippen LogP contribution in [-0.2, 0) is 0 Å². The van der Waals surface area contributed by atoms with Gasteiger partial charge in [0.25, 0.3) is 0 Å². The zero-order valence-corrected chi connectivity index (χ0v) is 14.8. The van der Waals surface area contributed by atoms with E-state index in [2.05, 4.69) is 43.2 Å². The highest BCUT2D eigenvalue weighted by Crippen LogP contribution is 2.37. The van der Waals surface area contributed by atoms with Crippen LogP contribution in [0.25, 0.3) is 0 Å². The molecule has 0 aromatic rings. The zero-order chi connectivity index (χ0) is 15.3. The van der Waals surface area contributed by atoms with Gasteiger partial charge < -0.3 is 15.1 Å². The van der Waals surface area contributed by atoms with Crippen LogP contribution in [0.4, 0.5) is 0 Å². The van der Waals surface area contributed by atoms with Gasteiger partial charge in [-0.3, -0.25) is 0 Å². The molecule has 2 saturated carbocycles.